The van der Waals surface area contributed by atoms with E-state index in [0.29, 0.717) is 6.42 Å². The third kappa shape index (κ3) is 3.00. The van der Waals surface area contributed by atoms with Gasteiger partial charge in [-0.3, -0.25) is 4.79 Å². The van der Waals surface area contributed by atoms with Gasteiger partial charge in [0.15, 0.2) is 0 Å². The Morgan fingerprint density at radius 3 is 2.56 bits per heavy atom. The summed E-state index contributed by atoms with van der Waals surface area (Å²) in [5.41, 5.74) is -1.23. The van der Waals surface area contributed by atoms with E-state index < -0.39 is 17.4 Å². The zero-order chi connectivity index (χ0) is 13.6. The molecular weight excluding hydrogens is 232 g/mol. The first-order chi connectivity index (χ1) is 8.54. The molecule has 0 saturated heterocycles. The molecule has 0 aromatic heterocycles. The minimum atomic E-state index is -1.24. The van der Waals surface area contributed by atoms with Crippen LogP contribution >= 0.6 is 0 Å². The van der Waals surface area contributed by atoms with Gasteiger partial charge in [0.2, 0.25) is 0 Å². The van der Waals surface area contributed by atoms with Gasteiger partial charge in [-0.15, -0.1) is 0 Å². The molecule has 18 heavy (non-hydrogen) atoms. The largest absolute Gasteiger partial charge is 0.481 e. The highest BCUT2D eigenvalue weighted by Gasteiger charge is 2.44. The van der Waals surface area contributed by atoms with Crippen molar-refractivity contribution in [2.24, 2.45) is 5.41 Å². The van der Waals surface area contributed by atoms with Crippen LogP contribution in [0.5, 0.6) is 0 Å². The second-order valence-corrected chi connectivity index (χ2v) is 4.72. The minimum absolute atomic E-state index is 0.00833. The first-order valence-electron chi connectivity index (χ1n) is 6.38. The van der Waals surface area contributed by atoms with Crippen LogP contribution in [-0.4, -0.2) is 22.2 Å². The van der Waals surface area contributed by atoms with Crippen LogP contribution in [0.15, 0.2) is 23.8 Å². The third-order valence-corrected chi connectivity index (χ3v) is 3.48. The number of carbonyl (C=O) groups is 2. The molecular formula is C14H20O4. The van der Waals surface area contributed by atoms with Crippen LogP contribution in [0.4, 0.5) is 0 Å². The first-order valence-corrected chi connectivity index (χ1v) is 6.38. The van der Waals surface area contributed by atoms with E-state index in [1.807, 2.05) is 0 Å². The highest BCUT2D eigenvalue weighted by Crippen LogP contribution is 2.40. The van der Waals surface area contributed by atoms with Crippen molar-refractivity contribution in [1.82, 2.24) is 0 Å². The predicted octanol–water partition coefficient (Wildman–Crippen LogP) is 3.00. The Labute approximate surface area is 107 Å². The second kappa shape index (κ2) is 6.38. The number of hydrogen-bond donors (Lipinski definition) is 2. The van der Waals surface area contributed by atoms with Crippen molar-refractivity contribution in [2.45, 2.75) is 45.4 Å². The van der Waals surface area contributed by atoms with Gasteiger partial charge in [-0.2, -0.15) is 0 Å². The van der Waals surface area contributed by atoms with Crippen molar-refractivity contribution in [3.8, 4) is 0 Å². The van der Waals surface area contributed by atoms with E-state index in [1.54, 1.807) is 12.2 Å². The highest BCUT2D eigenvalue weighted by molar-refractivity contribution is 5.97. The maximum Gasteiger partial charge on any atom is 0.332 e. The number of unbranched alkanes of at least 4 members (excludes halogenated alkanes) is 3. The van der Waals surface area contributed by atoms with Crippen LogP contribution in [-0.2, 0) is 9.59 Å². The van der Waals surface area contributed by atoms with E-state index in [0.717, 1.165) is 25.7 Å². The molecule has 4 nitrogen and oxygen atoms in total. The summed E-state index contributed by atoms with van der Waals surface area (Å²) >= 11 is 0. The van der Waals surface area contributed by atoms with Gasteiger partial charge < -0.3 is 10.2 Å². The Morgan fingerprint density at radius 1 is 1.28 bits per heavy atom. The molecule has 1 unspecified atom stereocenters. The van der Waals surface area contributed by atoms with Crippen molar-refractivity contribution < 1.29 is 19.8 Å². The zero-order valence-electron chi connectivity index (χ0n) is 10.7. The molecule has 0 saturated carbocycles. The molecule has 0 spiro atoms. The number of hydrogen-bond acceptors (Lipinski definition) is 2. The van der Waals surface area contributed by atoms with E-state index in [9.17, 15) is 14.7 Å². The fourth-order valence-corrected chi connectivity index (χ4v) is 2.38. The summed E-state index contributed by atoms with van der Waals surface area (Å²) in [5, 5.41) is 18.6. The average Bonchev–Trinajstić information content (AvgIpc) is 2.34. The summed E-state index contributed by atoms with van der Waals surface area (Å²) < 4.78 is 0. The summed E-state index contributed by atoms with van der Waals surface area (Å²) in [6.45, 7) is 2.08. The Kier molecular flexibility index (Phi) is 5.13. The van der Waals surface area contributed by atoms with Crippen molar-refractivity contribution >= 4 is 11.9 Å². The number of carboxylic acid groups (broad SMARTS) is 2. The summed E-state index contributed by atoms with van der Waals surface area (Å²) in [4.78, 5) is 22.7. The lowest BCUT2D eigenvalue weighted by atomic mass is 9.71. The third-order valence-electron chi connectivity index (χ3n) is 3.48. The lowest BCUT2D eigenvalue weighted by molar-refractivity contribution is -0.150. The van der Waals surface area contributed by atoms with Crippen LogP contribution in [0.25, 0.3) is 0 Å². The van der Waals surface area contributed by atoms with Crippen molar-refractivity contribution in [1.29, 1.82) is 0 Å². The predicted molar refractivity (Wildman–Crippen MR) is 68.3 cm³/mol. The molecule has 0 amide bonds. The standard InChI is InChI=1S/C14H20O4/c1-2-3-4-6-9-14(13(17)18)10-7-5-8-11(14)12(15)16/h5,7-8H,2-4,6,9-10H2,1H3,(H,15,16)(H,17,18). The Balaban J connectivity index is 2.86. The second-order valence-electron chi connectivity index (χ2n) is 4.72. The topological polar surface area (TPSA) is 74.6 Å². The minimum Gasteiger partial charge on any atom is -0.481 e. The van der Waals surface area contributed by atoms with Gasteiger partial charge in [0.1, 0.15) is 5.41 Å². The molecule has 1 aliphatic carbocycles. The Hall–Kier alpha value is -1.58. The smallest absolute Gasteiger partial charge is 0.332 e. The lowest BCUT2D eigenvalue weighted by Crippen LogP contribution is -2.37. The number of rotatable bonds is 7. The normalized spacial score (nSPS) is 22.6. The van der Waals surface area contributed by atoms with Crippen molar-refractivity contribution in [2.75, 3.05) is 0 Å². The summed E-state index contributed by atoms with van der Waals surface area (Å²) in [6.07, 6.45) is 9.26. The van der Waals surface area contributed by atoms with Gasteiger partial charge in [-0.05, 0) is 12.8 Å². The molecule has 0 fully saturated rings. The number of carboxylic acids is 2. The lowest BCUT2D eigenvalue weighted by Gasteiger charge is -2.30. The number of aliphatic carboxylic acids is 2. The Bertz CT molecular complexity index is 381. The van der Waals surface area contributed by atoms with Gasteiger partial charge in [-0.1, -0.05) is 50.8 Å². The van der Waals surface area contributed by atoms with Gasteiger partial charge >= 0.3 is 11.9 Å². The van der Waals surface area contributed by atoms with Crippen molar-refractivity contribution in [3.05, 3.63) is 23.8 Å². The molecule has 0 aromatic rings. The summed E-state index contributed by atoms with van der Waals surface area (Å²) in [6, 6.07) is 0. The fraction of sp³-hybridized carbons (Fsp3) is 0.571. The molecule has 0 aromatic carbocycles. The van der Waals surface area contributed by atoms with E-state index in [2.05, 4.69) is 6.92 Å². The highest BCUT2D eigenvalue weighted by atomic mass is 16.4. The van der Waals surface area contributed by atoms with Gasteiger partial charge in [0, 0.05) is 0 Å². The SMILES string of the molecule is CCCCCCC1(C(=O)O)CC=CC=C1C(=O)O. The van der Waals surface area contributed by atoms with E-state index in [4.69, 9.17) is 5.11 Å². The molecule has 0 radical (unpaired) electrons. The van der Waals surface area contributed by atoms with Crippen LogP contribution in [0, 0.1) is 5.41 Å². The number of allylic oxidation sites excluding steroid dienone is 3. The average molecular weight is 252 g/mol. The fourth-order valence-electron chi connectivity index (χ4n) is 2.38. The molecule has 1 atom stereocenters. The molecule has 0 aliphatic heterocycles. The van der Waals surface area contributed by atoms with Gasteiger partial charge in [0.25, 0.3) is 0 Å². The Morgan fingerprint density at radius 2 is 2.00 bits per heavy atom. The van der Waals surface area contributed by atoms with Gasteiger partial charge in [-0.25, -0.2) is 4.79 Å². The van der Waals surface area contributed by atoms with Crippen LogP contribution in [0.1, 0.15) is 45.4 Å². The van der Waals surface area contributed by atoms with Crippen molar-refractivity contribution in [3.63, 3.8) is 0 Å². The molecule has 4 heteroatoms. The van der Waals surface area contributed by atoms with E-state index in [-0.39, 0.29) is 12.0 Å². The quantitative estimate of drug-likeness (QED) is 0.683. The first kappa shape index (κ1) is 14.5. The molecule has 1 rings (SSSR count). The summed E-state index contributed by atoms with van der Waals surface area (Å²) in [7, 11) is 0. The molecule has 2 N–H and O–H groups in total. The van der Waals surface area contributed by atoms with Crippen LogP contribution in [0.2, 0.25) is 0 Å². The summed E-state index contributed by atoms with van der Waals surface area (Å²) in [5.74, 6) is -2.16. The maximum atomic E-state index is 11.5. The van der Waals surface area contributed by atoms with Crippen LogP contribution in [0.3, 0.4) is 0 Å². The molecule has 1 aliphatic rings. The molecule has 0 heterocycles. The van der Waals surface area contributed by atoms with Gasteiger partial charge in [0.05, 0.1) is 5.57 Å². The van der Waals surface area contributed by atoms with E-state index >= 15 is 0 Å². The van der Waals surface area contributed by atoms with E-state index in [1.165, 1.54) is 6.08 Å². The van der Waals surface area contributed by atoms with Crippen LogP contribution < -0.4 is 0 Å². The molecule has 0 bridgehead atoms. The monoisotopic (exact) mass is 252 g/mol. The molecule has 100 valence electrons. The maximum absolute atomic E-state index is 11.5. The zero-order valence-corrected chi connectivity index (χ0v) is 10.7.